The number of hydrogen-bond acceptors (Lipinski definition) is 1. The van der Waals surface area contributed by atoms with E-state index in [1.165, 1.54) is 24.0 Å². The van der Waals surface area contributed by atoms with Gasteiger partial charge < -0.3 is 0 Å². The van der Waals surface area contributed by atoms with Crippen molar-refractivity contribution in [2.24, 2.45) is 22.2 Å². The average Bonchev–Trinajstić information content (AvgIpc) is 2.75. The molecule has 3 aliphatic carbocycles. The number of allylic oxidation sites excluding steroid dienone is 1. The fourth-order valence-electron chi connectivity index (χ4n) is 5.52. The minimum Gasteiger partial charge on any atom is -0.294 e. The molecule has 1 nitrogen and oxygen atoms in total. The zero-order valence-corrected chi connectivity index (χ0v) is 12.8. The van der Waals surface area contributed by atoms with Gasteiger partial charge in [0.1, 0.15) is 0 Å². The van der Waals surface area contributed by atoms with Crippen molar-refractivity contribution in [3.8, 4) is 0 Å². The molecule has 104 valence electrons. The summed E-state index contributed by atoms with van der Waals surface area (Å²) in [6.45, 7) is 8.88. The lowest BCUT2D eigenvalue weighted by Crippen LogP contribution is -2.32. The fraction of sp³-hybridized carbons (Fsp3) is 0.526. The molecular formula is C19H22O. The lowest BCUT2D eigenvalue weighted by Gasteiger charge is -2.38. The number of aryl methyl sites for hydroxylation is 1. The monoisotopic (exact) mass is 266 g/mol. The van der Waals surface area contributed by atoms with E-state index in [1.54, 1.807) is 0 Å². The van der Waals surface area contributed by atoms with Crippen molar-refractivity contribution < 1.29 is 4.79 Å². The lowest BCUT2D eigenvalue weighted by molar-refractivity contribution is -0.120. The standard InChI is InChI=1S/C19H22O/c1-12-5-7-13(8-6-12)11-14-15-9-10-19(15)17(2,3)18(19,4)16(14)20/h5-8,11,15H,9-10H2,1-4H3/b14-11-. The largest absolute Gasteiger partial charge is 0.294 e. The number of hydrogen-bond donors (Lipinski definition) is 0. The first-order chi connectivity index (χ1) is 9.36. The van der Waals surface area contributed by atoms with Crippen LogP contribution >= 0.6 is 0 Å². The summed E-state index contributed by atoms with van der Waals surface area (Å²) < 4.78 is 0. The third-order valence-electron chi connectivity index (χ3n) is 7.11. The number of ketones is 1. The van der Waals surface area contributed by atoms with Crippen molar-refractivity contribution in [1.82, 2.24) is 0 Å². The van der Waals surface area contributed by atoms with Crippen LogP contribution in [0.5, 0.6) is 0 Å². The molecule has 0 radical (unpaired) electrons. The maximum absolute atomic E-state index is 12.9. The highest BCUT2D eigenvalue weighted by Crippen LogP contribution is 2.92. The van der Waals surface area contributed by atoms with E-state index in [-0.39, 0.29) is 16.2 Å². The molecule has 3 atom stereocenters. The highest BCUT2D eigenvalue weighted by atomic mass is 16.1. The van der Waals surface area contributed by atoms with Gasteiger partial charge in [0.15, 0.2) is 5.78 Å². The van der Waals surface area contributed by atoms with Crippen molar-refractivity contribution in [3.05, 3.63) is 41.0 Å². The normalized spacial score (nSPS) is 42.1. The zero-order chi connectivity index (χ0) is 14.3. The molecule has 0 amide bonds. The molecule has 0 bridgehead atoms. The molecule has 0 N–H and O–H groups in total. The van der Waals surface area contributed by atoms with Gasteiger partial charge >= 0.3 is 0 Å². The molecule has 3 aliphatic rings. The predicted octanol–water partition coefficient (Wildman–Crippen LogP) is 4.40. The minimum atomic E-state index is -0.0978. The predicted molar refractivity (Wildman–Crippen MR) is 81.2 cm³/mol. The van der Waals surface area contributed by atoms with Crippen LogP contribution in [0, 0.1) is 29.1 Å². The van der Waals surface area contributed by atoms with E-state index in [0.29, 0.717) is 11.7 Å². The van der Waals surface area contributed by atoms with Crippen LogP contribution in [-0.4, -0.2) is 5.78 Å². The van der Waals surface area contributed by atoms with Gasteiger partial charge in [0, 0.05) is 11.0 Å². The molecule has 0 saturated heterocycles. The van der Waals surface area contributed by atoms with Gasteiger partial charge in [0.25, 0.3) is 0 Å². The first-order valence-corrected chi connectivity index (χ1v) is 7.69. The molecule has 0 aromatic heterocycles. The minimum absolute atomic E-state index is 0.0978. The van der Waals surface area contributed by atoms with Crippen LogP contribution in [0.1, 0.15) is 44.7 Å². The van der Waals surface area contributed by atoms with Crippen LogP contribution in [0.2, 0.25) is 0 Å². The Balaban J connectivity index is 1.77. The van der Waals surface area contributed by atoms with Gasteiger partial charge in [-0.3, -0.25) is 4.79 Å². The Kier molecular flexibility index (Phi) is 2.02. The van der Waals surface area contributed by atoms with Crippen LogP contribution in [0.25, 0.3) is 6.08 Å². The maximum atomic E-state index is 12.9. The molecule has 0 heterocycles. The zero-order valence-electron chi connectivity index (χ0n) is 12.8. The van der Waals surface area contributed by atoms with Crippen LogP contribution in [0.4, 0.5) is 0 Å². The summed E-state index contributed by atoms with van der Waals surface area (Å²) in [6, 6.07) is 8.49. The average molecular weight is 266 g/mol. The molecular weight excluding hydrogens is 244 g/mol. The number of carbonyl (C=O) groups is 1. The topological polar surface area (TPSA) is 17.1 Å². The van der Waals surface area contributed by atoms with Gasteiger partial charge in [0.05, 0.1) is 0 Å². The van der Waals surface area contributed by atoms with Crippen molar-refractivity contribution >= 4 is 11.9 Å². The smallest absolute Gasteiger partial charge is 0.166 e. The first kappa shape index (κ1) is 12.4. The molecule has 1 aromatic carbocycles. The quantitative estimate of drug-likeness (QED) is 0.688. The Bertz CT molecular complexity index is 649. The molecule has 3 saturated carbocycles. The summed E-state index contributed by atoms with van der Waals surface area (Å²) in [5.74, 6) is 0.932. The highest BCUT2D eigenvalue weighted by molar-refractivity contribution is 6.11. The lowest BCUT2D eigenvalue weighted by atomic mass is 9.64. The summed E-state index contributed by atoms with van der Waals surface area (Å²) in [7, 11) is 0. The van der Waals surface area contributed by atoms with E-state index in [0.717, 1.165) is 5.57 Å². The van der Waals surface area contributed by atoms with E-state index in [4.69, 9.17) is 0 Å². The van der Waals surface area contributed by atoms with Gasteiger partial charge in [-0.05, 0) is 48.2 Å². The van der Waals surface area contributed by atoms with Crippen molar-refractivity contribution in [1.29, 1.82) is 0 Å². The van der Waals surface area contributed by atoms with Crippen molar-refractivity contribution in [3.63, 3.8) is 0 Å². The number of benzene rings is 1. The SMILES string of the molecule is Cc1ccc(/C=C2\C(=O)C3(C)C(C)(C)C34CCC24)cc1. The Morgan fingerprint density at radius 3 is 2.30 bits per heavy atom. The Hall–Kier alpha value is -1.37. The second-order valence-electron chi connectivity index (χ2n) is 7.65. The summed E-state index contributed by atoms with van der Waals surface area (Å²) in [4.78, 5) is 12.9. The number of carbonyl (C=O) groups excluding carboxylic acids is 1. The molecule has 1 spiro atoms. The molecule has 3 unspecified atom stereocenters. The molecule has 3 fully saturated rings. The van der Waals surface area contributed by atoms with E-state index in [1.807, 2.05) is 0 Å². The molecule has 20 heavy (non-hydrogen) atoms. The Labute approximate surface area is 121 Å². The van der Waals surface area contributed by atoms with Crippen molar-refractivity contribution in [2.75, 3.05) is 0 Å². The summed E-state index contributed by atoms with van der Waals surface area (Å²) in [6.07, 6.45) is 4.58. The van der Waals surface area contributed by atoms with Gasteiger partial charge in [0.2, 0.25) is 0 Å². The van der Waals surface area contributed by atoms with E-state index >= 15 is 0 Å². The Morgan fingerprint density at radius 2 is 1.80 bits per heavy atom. The van der Waals surface area contributed by atoms with Crippen LogP contribution in [-0.2, 0) is 4.79 Å². The summed E-state index contributed by atoms with van der Waals surface area (Å²) in [5, 5.41) is 0. The third kappa shape index (κ3) is 1.00. The van der Waals surface area contributed by atoms with Crippen LogP contribution in [0.3, 0.4) is 0 Å². The number of Topliss-reactive ketones (excluding diaryl/α,β-unsaturated/α-hetero) is 1. The third-order valence-corrected chi connectivity index (χ3v) is 7.11. The second-order valence-corrected chi connectivity index (χ2v) is 7.65. The molecule has 4 rings (SSSR count). The van der Waals surface area contributed by atoms with E-state index in [2.05, 4.69) is 58.0 Å². The number of rotatable bonds is 1. The van der Waals surface area contributed by atoms with Crippen LogP contribution in [0.15, 0.2) is 29.8 Å². The van der Waals surface area contributed by atoms with Gasteiger partial charge in [-0.15, -0.1) is 0 Å². The maximum Gasteiger partial charge on any atom is 0.166 e. The first-order valence-electron chi connectivity index (χ1n) is 7.69. The molecule has 1 heteroatoms. The van der Waals surface area contributed by atoms with Gasteiger partial charge in [-0.2, -0.15) is 0 Å². The Morgan fingerprint density at radius 1 is 1.15 bits per heavy atom. The summed E-state index contributed by atoms with van der Waals surface area (Å²) >= 11 is 0. The van der Waals surface area contributed by atoms with Gasteiger partial charge in [-0.1, -0.05) is 50.6 Å². The fourth-order valence-corrected chi connectivity index (χ4v) is 5.52. The highest BCUT2D eigenvalue weighted by Gasteiger charge is 2.91. The second kappa shape index (κ2) is 3.27. The van der Waals surface area contributed by atoms with E-state index < -0.39 is 0 Å². The molecule has 1 aromatic rings. The van der Waals surface area contributed by atoms with Crippen LogP contribution < -0.4 is 0 Å². The van der Waals surface area contributed by atoms with Crippen molar-refractivity contribution in [2.45, 2.75) is 40.5 Å². The van der Waals surface area contributed by atoms with Gasteiger partial charge in [-0.25, -0.2) is 0 Å². The van der Waals surface area contributed by atoms with E-state index in [9.17, 15) is 4.79 Å². The molecule has 0 aliphatic heterocycles. The summed E-state index contributed by atoms with van der Waals surface area (Å²) in [5.41, 5.74) is 3.92.